The number of nitrogens with one attached hydrogen (secondary N) is 1. The molecule has 0 spiro atoms. The fraction of sp³-hybridized carbons (Fsp3) is 0.387. The molecule has 3 aliphatic rings. The fourth-order valence-electron chi connectivity index (χ4n) is 5.14. The summed E-state index contributed by atoms with van der Waals surface area (Å²) < 4.78 is 22.3. The van der Waals surface area contributed by atoms with Gasteiger partial charge in [-0.25, -0.2) is 9.79 Å². The van der Waals surface area contributed by atoms with Crippen LogP contribution in [0, 0.1) is 0 Å². The minimum atomic E-state index is -0.604. The Morgan fingerprint density at radius 2 is 1.79 bits per heavy atom. The summed E-state index contributed by atoms with van der Waals surface area (Å²) in [6.07, 6.45) is 0.137. The van der Waals surface area contributed by atoms with E-state index in [0.29, 0.717) is 47.7 Å². The summed E-state index contributed by atoms with van der Waals surface area (Å²) in [7, 11) is 3.17. The number of hydrogen-bond donors (Lipinski definition) is 1. The first-order valence-electron chi connectivity index (χ1n) is 13.9. The van der Waals surface area contributed by atoms with Crippen LogP contribution < -0.4 is 14.8 Å². The number of esters is 1. The van der Waals surface area contributed by atoms with Gasteiger partial charge in [0, 0.05) is 37.9 Å². The van der Waals surface area contributed by atoms with Crippen molar-refractivity contribution in [1.29, 1.82) is 0 Å². The predicted molar refractivity (Wildman–Crippen MR) is 161 cm³/mol. The van der Waals surface area contributed by atoms with Crippen LogP contribution in [-0.2, 0) is 25.7 Å². The monoisotopic (exact) mass is 592 g/mol. The lowest BCUT2D eigenvalue weighted by atomic mass is 9.93. The van der Waals surface area contributed by atoms with Crippen LogP contribution in [0.2, 0.25) is 0 Å². The molecule has 1 atom stereocenters. The minimum absolute atomic E-state index is 0.0992. The molecular weight excluding hydrogens is 556 g/mol. The molecule has 0 unspecified atom stereocenters. The molecule has 222 valence electrons. The molecule has 3 aliphatic heterocycles. The summed E-state index contributed by atoms with van der Waals surface area (Å²) in [6.45, 7) is 6.42. The summed E-state index contributed by atoms with van der Waals surface area (Å²) in [4.78, 5) is 35.8. The zero-order valence-electron chi connectivity index (χ0n) is 24.1. The highest BCUT2D eigenvalue weighted by molar-refractivity contribution is 8.16. The molecule has 11 heteroatoms. The SMILES string of the molecule is COc1cc(OC)cc([C@@H]2C(C(=O)OCc3ccccc3)=C(C)N=C3SC=C(CC(=O)NCCN4CCOCC4)N32)c1. The van der Waals surface area contributed by atoms with Crippen molar-refractivity contribution >= 4 is 28.8 Å². The molecular formula is C31H36N4O6S. The predicted octanol–water partition coefficient (Wildman–Crippen LogP) is 3.86. The zero-order chi connectivity index (χ0) is 29.5. The molecule has 0 bridgehead atoms. The van der Waals surface area contributed by atoms with Gasteiger partial charge < -0.3 is 29.2 Å². The molecule has 0 aromatic heterocycles. The van der Waals surface area contributed by atoms with Crippen LogP contribution in [0.25, 0.3) is 0 Å². The number of benzene rings is 2. The normalized spacial score (nSPS) is 18.6. The lowest BCUT2D eigenvalue weighted by Crippen LogP contribution is -2.42. The number of carbonyl (C=O) groups excluding carboxylic acids is 2. The summed E-state index contributed by atoms with van der Waals surface area (Å²) in [5.41, 5.74) is 3.34. The van der Waals surface area contributed by atoms with Crippen molar-refractivity contribution < 1.29 is 28.5 Å². The van der Waals surface area contributed by atoms with Gasteiger partial charge in [-0.1, -0.05) is 42.1 Å². The van der Waals surface area contributed by atoms with E-state index in [9.17, 15) is 9.59 Å². The Labute approximate surface area is 250 Å². The van der Waals surface area contributed by atoms with Crippen LogP contribution in [-0.4, -0.2) is 80.5 Å². The molecule has 0 saturated carbocycles. The van der Waals surface area contributed by atoms with E-state index in [-0.39, 0.29) is 18.9 Å². The second-order valence-electron chi connectivity index (χ2n) is 10.1. The van der Waals surface area contributed by atoms with E-state index in [1.165, 1.54) is 11.8 Å². The highest BCUT2D eigenvalue weighted by atomic mass is 32.2. The van der Waals surface area contributed by atoms with Gasteiger partial charge in [0.1, 0.15) is 18.1 Å². The average molecular weight is 593 g/mol. The van der Waals surface area contributed by atoms with Crippen LogP contribution in [0.15, 0.2) is 75.9 Å². The first kappa shape index (κ1) is 29.7. The summed E-state index contributed by atoms with van der Waals surface area (Å²) in [6, 6.07) is 14.5. The van der Waals surface area contributed by atoms with Gasteiger partial charge in [-0.3, -0.25) is 9.69 Å². The van der Waals surface area contributed by atoms with Crippen LogP contribution in [0.5, 0.6) is 11.5 Å². The number of fused-ring (bicyclic) bond motifs is 1. The van der Waals surface area contributed by atoms with Crippen LogP contribution >= 0.6 is 11.8 Å². The van der Waals surface area contributed by atoms with Crippen molar-refractivity contribution in [2.45, 2.75) is 26.0 Å². The molecule has 10 nitrogen and oxygen atoms in total. The third-order valence-electron chi connectivity index (χ3n) is 7.32. The van der Waals surface area contributed by atoms with Crippen molar-refractivity contribution in [3.8, 4) is 11.5 Å². The maximum Gasteiger partial charge on any atom is 0.338 e. The van der Waals surface area contributed by atoms with Crippen molar-refractivity contribution in [2.24, 2.45) is 4.99 Å². The number of rotatable bonds is 11. The summed E-state index contributed by atoms with van der Waals surface area (Å²) >= 11 is 1.43. The number of morpholine rings is 1. The molecule has 1 fully saturated rings. The molecule has 1 saturated heterocycles. The van der Waals surface area contributed by atoms with Gasteiger partial charge in [0.25, 0.3) is 0 Å². The smallest absolute Gasteiger partial charge is 0.338 e. The maximum atomic E-state index is 13.7. The number of nitrogens with zero attached hydrogens (tertiary/aromatic N) is 3. The fourth-order valence-corrected chi connectivity index (χ4v) is 6.10. The third-order valence-corrected chi connectivity index (χ3v) is 8.21. The van der Waals surface area contributed by atoms with E-state index < -0.39 is 12.0 Å². The number of amides is 1. The number of allylic oxidation sites excluding steroid dienone is 1. The Kier molecular flexibility index (Phi) is 9.83. The Hall–Kier alpha value is -3.80. The molecule has 1 N–H and O–H groups in total. The number of ether oxygens (including phenoxy) is 4. The van der Waals surface area contributed by atoms with Crippen molar-refractivity contribution in [3.05, 3.63) is 82.0 Å². The van der Waals surface area contributed by atoms with E-state index >= 15 is 0 Å². The Morgan fingerprint density at radius 1 is 1.07 bits per heavy atom. The number of hydrogen-bond acceptors (Lipinski definition) is 10. The van der Waals surface area contributed by atoms with Gasteiger partial charge in [0.15, 0.2) is 5.17 Å². The minimum Gasteiger partial charge on any atom is -0.497 e. The molecule has 5 rings (SSSR count). The van der Waals surface area contributed by atoms with E-state index in [0.717, 1.165) is 36.5 Å². The molecule has 3 heterocycles. The van der Waals surface area contributed by atoms with Gasteiger partial charge >= 0.3 is 5.97 Å². The highest BCUT2D eigenvalue weighted by Crippen LogP contribution is 2.46. The molecule has 0 radical (unpaired) electrons. The van der Waals surface area contributed by atoms with E-state index in [1.807, 2.05) is 59.7 Å². The van der Waals surface area contributed by atoms with Gasteiger partial charge in [0.2, 0.25) is 5.91 Å². The standard InChI is InChI=1S/C31H36N4O6S/c1-21-28(30(37)41-19-22-7-5-4-6-8-22)29(23-15-25(38-2)18-26(16-23)39-3)35-24(20-42-31(35)33-21)17-27(36)32-9-10-34-11-13-40-14-12-34/h4-8,15-16,18,20,29H,9-14,17,19H2,1-3H3,(H,32,36)/t29-/m1/s1. The maximum absolute atomic E-state index is 13.7. The second-order valence-corrected chi connectivity index (χ2v) is 10.9. The zero-order valence-corrected chi connectivity index (χ0v) is 24.9. The van der Waals surface area contributed by atoms with Crippen molar-refractivity contribution in [1.82, 2.24) is 15.1 Å². The lowest BCUT2D eigenvalue weighted by Gasteiger charge is -2.36. The quantitative estimate of drug-likeness (QED) is 0.390. The first-order chi connectivity index (χ1) is 20.5. The van der Waals surface area contributed by atoms with Crippen LogP contribution in [0.3, 0.4) is 0 Å². The first-order valence-corrected chi connectivity index (χ1v) is 14.8. The molecule has 1 amide bonds. The Morgan fingerprint density at radius 3 is 2.48 bits per heavy atom. The second kappa shape index (κ2) is 13.9. The van der Waals surface area contributed by atoms with Crippen molar-refractivity contribution in [3.63, 3.8) is 0 Å². The lowest BCUT2D eigenvalue weighted by molar-refractivity contribution is -0.141. The third kappa shape index (κ3) is 6.97. The van der Waals surface area contributed by atoms with Gasteiger partial charge in [0.05, 0.1) is 51.2 Å². The number of methoxy groups -OCH3 is 2. The van der Waals surface area contributed by atoms with Gasteiger partial charge in [-0.2, -0.15) is 0 Å². The largest absolute Gasteiger partial charge is 0.497 e. The number of thioether (sulfide) groups is 1. The van der Waals surface area contributed by atoms with Gasteiger partial charge in [-0.15, -0.1) is 0 Å². The summed E-state index contributed by atoms with van der Waals surface area (Å²) in [5, 5.41) is 5.66. The highest BCUT2D eigenvalue weighted by Gasteiger charge is 2.41. The molecule has 0 aliphatic carbocycles. The van der Waals surface area contributed by atoms with Crippen molar-refractivity contribution in [2.75, 3.05) is 53.6 Å². The van der Waals surface area contributed by atoms with E-state index in [2.05, 4.69) is 10.2 Å². The Balaban J connectivity index is 1.40. The van der Waals surface area contributed by atoms with Crippen LogP contribution in [0.4, 0.5) is 0 Å². The molecule has 42 heavy (non-hydrogen) atoms. The van der Waals surface area contributed by atoms with Crippen LogP contribution in [0.1, 0.15) is 30.5 Å². The average Bonchev–Trinajstić information content (AvgIpc) is 3.41. The van der Waals surface area contributed by atoms with Gasteiger partial charge in [-0.05, 0) is 35.6 Å². The molecule has 2 aromatic rings. The number of aliphatic imine (C=N–C) groups is 1. The topological polar surface area (TPSA) is 102 Å². The summed E-state index contributed by atoms with van der Waals surface area (Å²) in [5.74, 6) is 0.595. The number of carbonyl (C=O) groups is 2. The Bertz CT molecular complexity index is 1360. The van der Waals surface area contributed by atoms with E-state index in [4.69, 9.17) is 23.9 Å². The van der Waals surface area contributed by atoms with E-state index in [1.54, 1.807) is 20.3 Å². The molecule has 2 aromatic carbocycles. The number of amidine groups is 1.